The summed E-state index contributed by atoms with van der Waals surface area (Å²) in [5, 5.41) is 7.56. The number of aromatic nitrogens is 2. The molecule has 0 unspecified atom stereocenters. The second kappa shape index (κ2) is 4.09. The number of nitrogen functional groups attached to an aromatic ring is 1. The van der Waals surface area contributed by atoms with Gasteiger partial charge in [-0.15, -0.1) is 5.10 Å². The average Bonchev–Trinajstić information content (AvgIpc) is 2.30. The Morgan fingerprint density at radius 1 is 1.13 bits per heavy atom. The highest BCUT2D eigenvalue weighted by atomic mass is 15.1. The Kier molecular flexibility index (Phi) is 2.63. The molecular weight excluding hydrogens is 186 g/mol. The molecule has 0 radical (unpaired) electrons. The van der Waals surface area contributed by atoms with Crippen LogP contribution in [-0.4, -0.2) is 10.2 Å². The third-order valence-electron chi connectivity index (χ3n) is 2.42. The van der Waals surface area contributed by atoms with E-state index >= 15 is 0 Å². The first-order chi connectivity index (χ1) is 7.31. The molecule has 2 N–H and O–H groups in total. The van der Waals surface area contributed by atoms with Gasteiger partial charge in [-0.3, -0.25) is 0 Å². The van der Waals surface area contributed by atoms with Crippen molar-refractivity contribution in [3.05, 3.63) is 42.1 Å². The van der Waals surface area contributed by atoms with Gasteiger partial charge in [-0.2, -0.15) is 5.10 Å². The van der Waals surface area contributed by atoms with Crippen molar-refractivity contribution in [1.29, 1.82) is 0 Å². The summed E-state index contributed by atoms with van der Waals surface area (Å²) < 4.78 is 0. The van der Waals surface area contributed by atoms with Gasteiger partial charge in [-0.25, -0.2) is 0 Å². The lowest BCUT2D eigenvalue weighted by Gasteiger charge is -2.04. The van der Waals surface area contributed by atoms with E-state index in [2.05, 4.69) is 41.4 Å². The monoisotopic (exact) mass is 199 g/mol. The van der Waals surface area contributed by atoms with Gasteiger partial charge in [0.1, 0.15) is 0 Å². The molecule has 0 aliphatic heterocycles. The summed E-state index contributed by atoms with van der Waals surface area (Å²) in [6.45, 7) is 2.14. The molecule has 0 atom stereocenters. The van der Waals surface area contributed by atoms with Crippen molar-refractivity contribution in [2.45, 2.75) is 13.3 Å². The lowest BCUT2D eigenvalue weighted by Crippen LogP contribution is -1.95. The fourth-order valence-corrected chi connectivity index (χ4v) is 1.51. The zero-order valence-electron chi connectivity index (χ0n) is 8.64. The van der Waals surface area contributed by atoms with Crippen LogP contribution in [0.25, 0.3) is 11.1 Å². The highest BCUT2D eigenvalue weighted by molar-refractivity contribution is 5.72. The van der Waals surface area contributed by atoms with Crippen LogP contribution >= 0.6 is 0 Å². The summed E-state index contributed by atoms with van der Waals surface area (Å²) in [5.74, 6) is 0.474. The highest BCUT2D eigenvalue weighted by Crippen LogP contribution is 2.23. The summed E-state index contributed by atoms with van der Waals surface area (Å²) in [7, 11) is 0. The predicted molar refractivity (Wildman–Crippen MR) is 61.3 cm³/mol. The van der Waals surface area contributed by atoms with Gasteiger partial charge in [0.25, 0.3) is 0 Å². The molecule has 0 saturated heterocycles. The van der Waals surface area contributed by atoms with Crippen molar-refractivity contribution >= 4 is 5.82 Å². The van der Waals surface area contributed by atoms with Crippen LogP contribution in [0.15, 0.2) is 36.5 Å². The average molecular weight is 199 g/mol. The topological polar surface area (TPSA) is 51.8 Å². The Hall–Kier alpha value is -1.90. The summed E-state index contributed by atoms with van der Waals surface area (Å²) in [4.78, 5) is 0. The van der Waals surface area contributed by atoms with Crippen LogP contribution in [0.4, 0.5) is 5.82 Å². The van der Waals surface area contributed by atoms with E-state index < -0.39 is 0 Å². The molecule has 2 aromatic rings. The van der Waals surface area contributed by atoms with E-state index in [0.717, 1.165) is 17.5 Å². The van der Waals surface area contributed by atoms with Crippen molar-refractivity contribution in [1.82, 2.24) is 10.2 Å². The Morgan fingerprint density at radius 3 is 2.47 bits per heavy atom. The van der Waals surface area contributed by atoms with E-state index in [1.165, 1.54) is 5.56 Å². The quantitative estimate of drug-likeness (QED) is 0.807. The lowest BCUT2D eigenvalue weighted by atomic mass is 10.0. The Labute approximate surface area is 89.0 Å². The normalized spacial score (nSPS) is 10.2. The van der Waals surface area contributed by atoms with Crippen molar-refractivity contribution in [2.75, 3.05) is 5.73 Å². The van der Waals surface area contributed by atoms with E-state index in [-0.39, 0.29) is 0 Å². The Morgan fingerprint density at radius 2 is 1.87 bits per heavy atom. The molecule has 1 aromatic heterocycles. The number of nitrogens with zero attached hydrogens (tertiary/aromatic N) is 2. The van der Waals surface area contributed by atoms with Crippen LogP contribution in [0, 0.1) is 0 Å². The maximum Gasteiger partial charge on any atom is 0.153 e. The molecule has 1 heterocycles. The van der Waals surface area contributed by atoms with E-state index in [4.69, 9.17) is 5.73 Å². The minimum atomic E-state index is 0.474. The first-order valence-corrected chi connectivity index (χ1v) is 4.97. The van der Waals surface area contributed by atoms with E-state index in [1.54, 1.807) is 6.20 Å². The zero-order chi connectivity index (χ0) is 10.7. The highest BCUT2D eigenvalue weighted by Gasteiger charge is 2.02. The van der Waals surface area contributed by atoms with Crippen molar-refractivity contribution < 1.29 is 0 Å². The molecule has 0 bridgehead atoms. The van der Waals surface area contributed by atoms with Crippen LogP contribution in [-0.2, 0) is 6.42 Å². The number of hydrogen-bond acceptors (Lipinski definition) is 3. The number of aryl methyl sites for hydroxylation is 1. The zero-order valence-corrected chi connectivity index (χ0v) is 8.64. The standard InChI is InChI=1S/C12H13N3/c1-2-9-3-5-10(6-4-9)11-7-8-14-15-12(11)13/h3-8H,2H2,1H3,(H2,13,15). The summed E-state index contributed by atoms with van der Waals surface area (Å²) in [5.41, 5.74) is 9.09. The van der Waals surface area contributed by atoms with Gasteiger partial charge in [-0.1, -0.05) is 31.2 Å². The summed E-state index contributed by atoms with van der Waals surface area (Å²) in [6, 6.07) is 10.2. The van der Waals surface area contributed by atoms with Gasteiger partial charge in [0, 0.05) is 5.56 Å². The van der Waals surface area contributed by atoms with Gasteiger partial charge in [0.05, 0.1) is 6.20 Å². The maximum atomic E-state index is 5.75. The lowest BCUT2D eigenvalue weighted by molar-refractivity contribution is 1.04. The molecule has 0 spiro atoms. The van der Waals surface area contributed by atoms with Crippen LogP contribution in [0.5, 0.6) is 0 Å². The molecule has 0 aliphatic carbocycles. The Balaban J connectivity index is 2.42. The minimum absolute atomic E-state index is 0.474. The molecule has 0 amide bonds. The van der Waals surface area contributed by atoms with Gasteiger partial charge >= 0.3 is 0 Å². The summed E-state index contributed by atoms with van der Waals surface area (Å²) in [6.07, 6.45) is 2.70. The van der Waals surface area contributed by atoms with E-state index in [9.17, 15) is 0 Å². The molecule has 3 heteroatoms. The molecule has 2 rings (SSSR count). The molecule has 1 aromatic carbocycles. The van der Waals surface area contributed by atoms with Gasteiger partial charge in [-0.05, 0) is 23.6 Å². The van der Waals surface area contributed by atoms with Crippen LogP contribution < -0.4 is 5.73 Å². The van der Waals surface area contributed by atoms with Gasteiger partial charge in [0.2, 0.25) is 0 Å². The molecule has 3 nitrogen and oxygen atoms in total. The van der Waals surface area contributed by atoms with Crippen molar-refractivity contribution in [3.8, 4) is 11.1 Å². The second-order valence-corrected chi connectivity index (χ2v) is 3.38. The van der Waals surface area contributed by atoms with Crippen LogP contribution in [0.2, 0.25) is 0 Å². The molecule has 15 heavy (non-hydrogen) atoms. The smallest absolute Gasteiger partial charge is 0.153 e. The van der Waals surface area contributed by atoms with Crippen LogP contribution in [0.3, 0.4) is 0 Å². The number of hydrogen-bond donors (Lipinski definition) is 1. The first-order valence-electron chi connectivity index (χ1n) is 4.97. The fraction of sp³-hybridized carbons (Fsp3) is 0.167. The number of rotatable bonds is 2. The molecule has 0 saturated carbocycles. The number of benzene rings is 1. The van der Waals surface area contributed by atoms with Crippen molar-refractivity contribution in [3.63, 3.8) is 0 Å². The predicted octanol–water partition coefficient (Wildman–Crippen LogP) is 2.29. The Bertz CT molecular complexity index is 449. The molecule has 76 valence electrons. The number of nitrogens with two attached hydrogens (primary N) is 1. The van der Waals surface area contributed by atoms with Crippen molar-refractivity contribution in [2.24, 2.45) is 0 Å². The third-order valence-corrected chi connectivity index (χ3v) is 2.42. The van der Waals surface area contributed by atoms with E-state index in [1.807, 2.05) is 6.07 Å². The van der Waals surface area contributed by atoms with Gasteiger partial charge in [0.15, 0.2) is 5.82 Å². The number of anilines is 1. The third kappa shape index (κ3) is 1.96. The first kappa shape index (κ1) is 9.65. The molecule has 0 fully saturated rings. The molecular formula is C12H13N3. The summed E-state index contributed by atoms with van der Waals surface area (Å²) >= 11 is 0. The maximum absolute atomic E-state index is 5.75. The van der Waals surface area contributed by atoms with E-state index in [0.29, 0.717) is 5.82 Å². The second-order valence-electron chi connectivity index (χ2n) is 3.38. The molecule has 0 aliphatic rings. The van der Waals surface area contributed by atoms with Gasteiger partial charge < -0.3 is 5.73 Å². The minimum Gasteiger partial charge on any atom is -0.382 e. The van der Waals surface area contributed by atoms with Crippen LogP contribution in [0.1, 0.15) is 12.5 Å². The fourth-order valence-electron chi connectivity index (χ4n) is 1.51. The SMILES string of the molecule is CCc1ccc(-c2ccnnc2N)cc1. The largest absolute Gasteiger partial charge is 0.382 e.